The summed E-state index contributed by atoms with van der Waals surface area (Å²) in [6, 6.07) is 1.86. The van der Waals surface area contributed by atoms with Crippen molar-refractivity contribution in [2.24, 2.45) is 10.7 Å². The van der Waals surface area contributed by atoms with Crippen LogP contribution in [0, 0.1) is 0 Å². The van der Waals surface area contributed by atoms with Crippen LogP contribution in [-0.4, -0.2) is 10.8 Å². The normalized spacial score (nSPS) is 14.8. The van der Waals surface area contributed by atoms with Gasteiger partial charge in [-0.25, -0.2) is 4.99 Å². The lowest BCUT2D eigenvalue weighted by atomic mass is 10.2. The Morgan fingerprint density at radius 2 is 2.33 bits per heavy atom. The van der Waals surface area contributed by atoms with Crippen molar-refractivity contribution >= 4 is 17.6 Å². The molecule has 2 N–H and O–H groups in total. The Morgan fingerprint density at radius 3 is 3.25 bits per heavy atom. The maximum absolute atomic E-state index is 5.63. The first kappa shape index (κ1) is 7.03. The first-order chi connectivity index (χ1) is 5.86. The van der Waals surface area contributed by atoms with Gasteiger partial charge in [0.2, 0.25) is 0 Å². The summed E-state index contributed by atoms with van der Waals surface area (Å²) in [4.78, 5) is 8.23. The van der Waals surface area contributed by atoms with Crippen LogP contribution in [0.1, 0.15) is 12.0 Å². The van der Waals surface area contributed by atoms with Gasteiger partial charge in [-0.2, -0.15) is 0 Å². The molecule has 0 amide bonds. The second-order valence-electron chi connectivity index (χ2n) is 2.64. The molecule has 0 radical (unpaired) electrons. The minimum Gasteiger partial charge on any atom is -0.387 e. The van der Waals surface area contributed by atoms with Gasteiger partial charge in [0.05, 0.1) is 5.69 Å². The van der Waals surface area contributed by atoms with E-state index in [0.29, 0.717) is 12.3 Å². The smallest absolute Gasteiger partial charge is 0.103 e. The Hall–Kier alpha value is -1.64. The van der Waals surface area contributed by atoms with Gasteiger partial charge in [-0.15, -0.1) is 0 Å². The van der Waals surface area contributed by atoms with E-state index in [1.165, 1.54) is 0 Å². The summed E-state index contributed by atoms with van der Waals surface area (Å²) in [5.41, 5.74) is 7.55. The molecule has 0 unspecified atom stereocenters. The highest BCUT2D eigenvalue weighted by molar-refractivity contribution is 5.88. The van der Waals surface area contributed by atoms with E-state index in [4.69, 9.17) is 5.73 Å². The summed E-state index contributed by atoms with van der Waals surface area (Å²) in [5, 5.41) is 0. The van der Waals surface area contributed by atoms with E-state index in [2.05, 4.69) is 9.98 Å². The molecule has 0 aromatic carbocycles. The van der Waals surface area contributed by atoms with Gasteiger partial charge in [0.25, 0.3) is 0 Å². The van der Waals surface area contributed by atoms with Crippen LogP contribution in [0.2, 0.25) is 0 Å². The number of aromatic nitrogens is 1. The molecule has 12 heavy (non-hydrogen) atoms. The minimum atomic E-state index is 0.649. The third-order valence-electron chi connectivity index (χ3n) is 1.72. The number of nitrogens with zero attached hydrogens (tertiary/aromatic N) is 2. The zero-order valence-electron chi connectivity index (χ0n) is 6.57. The maximum Gasteiger partial charge on any atom is 0.103 e. The average Bonchev–Trinajstić information content (AvgIpc) is 2.25. The van der Waals surface area contributed by atoms with Crippen molar-refractivity contribution in [2.45, 2.75) is 6.42 Å². The van der Waals surface area contributed by atoms with Crippen LogP contribution in [0.3, 0.4) is 0 Å². The van der Waals surface area contributed by atoms with Crippen molar-refractivity contribution in [1.82, 2.24) is 4.98 Å². The summed E-state index contributed by atoms with van der Waals surface area (Å²) in [6.07, 6.45) is 8.20. The molecule has 60 valence electrons. The summed E-state index contributed by atoms with van der Waals surface area (Å²) in [5.74, 6) is 0.649. The highest BCUT2D eigenvalue weighted by Crippen LogP contribution is 2.21. The van der Waals surface area contributed by atoms with E-state index in [1.54, 1.807) is 12.4 Å². The van der Waals surface area contributed by atoms with Gasteiger partial charge < -0.3 is 5.73 Å². The summed E-state index contributed by atoms with van der Waals surface area (Å²) in [7, 11) is 0. The molecule has 0 saturated heterocycles. The number of pyridine rings is 1. The van der Waals surface area contributed by atoms with Crippen molar-refractivity contribution in [3.05, 3.63) is 30.1 Å². The van der Waals surface area contributed by atoms with Gasteiger partial charge in [-0.05, 0) is 6.07 Å². The lowest BCUT2D eigenvalue weighted by molar-refractivity contribution is 1.29. The van der Waals surface area contributed by atoms with Crippen molar-refractivity contribution in [2.75, 3.05) is 0 Å². The number of hydrogen-bond donors (Lipinski definition) is 1. The van der Waals surface area contributed by atoms with Crippen LogP contribution in [0.15, 0.2) is 29.5 Å². The SMILES string of the molecule is NC1=Nc2ccncc2C=CC1. The molecule has 2 heterocycles. The van der Waals surface area contributed by atoms with E-state index in [-0.39, 0.29) is 0 Å². The molecule has 0 saturated carbocycles. The molecule has 2 rings (SSSR count). The van der Waals surface area contributed by atoms with Crippen molar-refractivity contribution in [3.63, 3.8) is 0 Å². The molecular formula is C9H9N3. The lowest BCUT2D eigenvalue weighted by Crippen LogP contribution is -2.08. The van der Waals surface area contributed by atoms with Crippen molar-refractivity contribution < 1.29 is 0 Å². The van der Waals surface area contributed by atoms with E-state index in [0.717, 1.165) is 11.3 Å². The van der Waals surface area contributed by atoms with E-state index in [9.17, 15) is 0 Å². The minimum absolute atomic E-state index is 0.649. The fourth-order valence-corrected chi connectivity index (χ4v) is 1.14. The monoisotopic (exact) mass is 159 g/mol. The van der Waals surface area contributed by atoms with Crippen LogP contribution in [0.4, 0.5) is 5.69 Å². The van der Waals surface area contributed by atoms with E-state index < -0.39 is 0 Å². The molecule has 1 aliphatic rings. The molecule has 1 aromatic rings. The molecule has 3 heteroatoms. The third kappa shape index (κ3) is 1.21. The maximum atomic E-state index is 5.63. The Balaban J connectivity index is 2.58. The molecule has 1 aliphatic heterocycles. The van der Waals surface area contributed by atoms with E-state index in [1.807, 2.05) is 18.2 Å². The van der Waals surface area contributed by atoms with Crippen LogP contribution >= 0.6 is 0 Å². The van der Waals surface area contributed by atoms with Crippen LogP contribution in [0.25, 0.3) is 6.08 Å². The molecule has 0 fully saturated rings. The lowest BCUT2D eigenvalue weighted by Gasteiger charge is -1.96. The van der Waals surface area contributed by atoms with Gasteiger partial charge in [-0.3, -0.25) is 4.98 Å². The van der Waals surface area contributed by atoms with Crippen molar-refractivity contribution in [3.8, 4) is 0 Å². The number of nitrogens with two attached hydrogens (primary N) is 1. The Labute approximate surface area is 70.7 Å². The van der Waals surface area contributed by atoms with Gasteiger partial charge in [0.15, 0.2) is 0 Å². The Kier molecular flexibility index (Phi) is 1.63. The number of amidine groups is 1. The largest absolute Gasteiger partial charge is 0.387 e. The summed E-state index contributed by atoms with van der Waals surface area (Å²) < 4.78 is 0. The average molecular weight is 159 g/mol. The second kappa shape index (κ2) is 2.77. The highest BCUT2D eigenvalue weighted by Gasteiger charge is 2.01. The standard InChI is InChI=1S/C9H9N3/c10-9-3-1-2-7-6-11-5-4-8(7)12-9/h1-2,4-6H,3H2,(H2,10,12). The molecule has 1 aromatic heterocycles. The fraction of sp³-hybridized carbons (Fsp3) is 0.111. The van der Waals surface area contributed by atoms with Gasteiger partial charge in [0.1, 0.15) is 5.84 Å². The second-order valence-corrected chi connectivity index (χ2v) is 2.64. The Morgan fingerprint density at radius 1 is 1.42 bits per heavy atom. The zero-order chi connectivity index (χ0) is 8.39. The third-order valence-corrected chi connectivity index (χ3v) is 1.72. The molecule has 0 bridgehead atoms. The predicted octanol–water partition coefficient (Wildman–Crippen LogP) is 1.49. The van der Waals surface area contributed by atoms with Gasteiger partial charge in [-0.1, -0.05) is 12.2 Å². The Bertz CT molecular complexity index is 353. The van der Waals surface area contributed by atoms with E-state index >= 15 is 0 Å². The summed E-state index contributed by atoms with van der Waals surface area (Å²) in [6.45, 7) is 0. The molecular weight excluding hydrogens is 150 g/mol. The van der Waals surface area contributed by atoms with Crippen LogP contribution < -0.4 is 5.73 Å². The molecule has 0 atom stereocenters. The molecule has 0 aliphatic carbocycles. The highest BCUT2D eigenvalue weighted by atomic mass is 14.9. The summed E-state index contributed by atoms with van der Waals surface area (Å²) >= 11 is 0. The van der Waals surface area contributed by atoms with Gasteiger partial charge in [0, 0.05) is 24.4 Å². The fourth-order valence-electron chi connectivity index (χ4n) is 1.14. The number of fused-ring (bicyclic) bond motifs is 1. The number of hydrogen-bond acceptors (Lipinski definition) is 3. The molecule has 3 nitrogen and oxygen atoms in total. The topological polar surface area (TPSA) is 51.3 Å². The first-order valence-electron chi connectivity index (χ1n) is 3.80. The zero-order valence-corrected chi connectivity index (χ0v) is 6.57. The number of rotatable bonds is 0. The van der Waals surface area contributed by atoms with Crippen LogP contribution in [-0.2, 0) is 0 Å². The van der Waals surface area contributed by atoms with Gasteiger partial charge >= 0.3 is 0 Å². The first-order valence-corrected chi connectivity index (χ1v) is 3.80. The quantitative estimate of drug-likeness (QED) is 0.623. The molecule has 0 spiro atoms. The number of aliphatic imine (C=N–C) groups is 1. The van der Waals surface area contributed by atoms with Crippen molar-refractivity contribution in [1.29, 1.82) is 0 Å². The predicted molar refractivity (Wildman–Crippen MR) is 49.2 cm³/mol. The van der Waals surface area contributed by atoms with Crippen LogP contribution in [0.5, 0.6) is 0 Å².